The van der Waals surface area contributed by atoms with Gasteiger partial charge in [-0.3, -0.25) is 0 Å². The SMILES string of the molecule is C=Cc1ccccc1/C(C)=C(\N)N(Cc1ccc(-c2ccccc2)cc1)S(=O)(=O)c1ccc(C(=O)O)cc1. The number of carbonyl (C=O) groups is 1. The van der Waals surface area contributed by atoms with Gasteiger partial charge in [0.25, 0.3) is 10.0 Å². The summed E-state index contributed by atoms with van der Waals surface area (Å²) >= 11 is 0. The van der Waals surface area contributed by atoms with Crippen LogP contribution in [0.5, 0.6) is 0 Å². The van der Waals surface area contributed by atoms with Crippen molar-refractivity contribution in [2.45, 2.75) is 18.4 Å². The second-order valence-corrected chi connectivity index (χ2v) is 10.6. The molecule has 38 heavy (non-hydrogen) atoms. The van der Waals surface area contributed by atoms with Crippen molar-refractivity contribution in [2.75, 3.05) is 0 Å². The Morgan fingerprint density at radius 2 is 1.45 bits per heavy atom. The quantitative estimate of drug-likeness (QED) is 0.270. The van der Waals surface area contributed by atoms with Crippen LogP contribution in [0.25, 0.3) is 22.8 Å². The van der Waals surface area contributed by atoms with Gasteiger partial charge < -0.3 is 10.8 Å². The molecule has 0 spiro atoms. The highest BCUT2D eigenvalue weighted by Crippen LogP contribution is 2.29. The molecular formula is C31H28N2O4S. The molecule has 4 aromatic rings. The average Bonchev–Trinajstić information content (AvgIpc) is 2.95. The van der Waals surface area contributed by atoms with Crippen molar-refractivity contribution in [1.82, 2.24) is 4.31 Å². The standard InChI is InChI=1S/C31H28N2O4S/c1-3-24-9-7-8-12-29(24)22(2)30(32)33(38(36,37)28-19-17-27(18-20-28)31(34)35)21-23-13-15-26(16-14-23)25-10-5-4-6-11-25/h3-20H,1,21,32H2,2H3,(H,34,35)/b30-22+. The number of hydrogen-bond acceptors (Lipinski definition) is 4. The van der Waals surface area contributed by atoms with Gasteiger partial charge >= 0.3 is 5.97 Å². The number of rotatable bonds is 9. The van der Waals surface area contributed by atoms with E-state index >= 15 is 0 Å². The van der Waals surface area contributed by atoms with Gasteiger partial charge in [-0.15, -0.1) is 0 Å². The lowest BCUT2D eigenvalue weighted by atomic mass is 10.0. The molecule has 0 saturated carbocycles. The van der Waals surface area contributed by atoms with E-state index in [4.69, 9.17) is 5.73 Å². The van der Waals surface area contributed by atoms with Crippen LogP contribution < -0.4 is 5.73 Å². The summed E-state index contributed by atoms with van der Waals surface area (Å²) in [6.07, 6.45) is 1.69. The summed E-state index contributed by atoms with van der Waals surface area (Å²) in [5.74, 6) is -1.07. The van der Waals surface area contributed by atoms with E-state index in [1.807, 2.05) is 78.9 Å². The lowest BCUT2D eigenvalue weighted by molar-refractivity contribution is 0.0696. The zero-order chi connectivity index (χ0) is 27.3. The minimum absolute atomic E-state index is 0.00777. The Balaban J connectivity index is 1.79. The Morgan fingerprint density at radius 1 is 0.868 bits per heavy atom. The van der Waals surface area contributed by atoms with E-state index in [9.17, 15) is 18.3 Å². The number of sulfonamides is 1. The molecule has 0 saturated heterocycles. The lowest BCUT2D eigenvalue weighted by Crippen LogP contribution is -2.34. The van der Waals surface area contributed by atoms with Crippen molar-refractivity contribution in [3.63, 3.8) is 0 Å². The van der Waals surface area contributed by atoms with Crippen LogP contribution in [0.2, 0.25) is 0 Å². The van der Waals surface area contributed by atoms with Crippen LogP contribution in [0.15, 0.2) is 120 Å². The first-order valence-corrected chi connectivity index (χ1v) is 13.3. The molecule has 192 valence electrons. The number of allylic oxidation sites excluding steroid dienone is 1. The highest BCUT2D eigenvalue weighted by atomic mass is 32.2. The predicted molar refractivity (Wildman–Crippen MR) is 151 cm³/mol. The van der Waals surface area contributed by atoms with Gasteiger partial charge in [0.1, 0.15) is 5.82 Å². The van der Waals surface area contributed by atoms with Gasteiger partial charge in [0.15, 0.2) is 0 Å². The molecule has 0 aliphatic heterocycles. The Labute approximate surface area is 223 Å². The second-order valence-electron chi connectivity index (χ2n) is 8.71. The summed E-state index contributed by atoms with van der Waals surface area (Å²) in [5, 5.41) is 9.23. The Kier molecular flexibility index (Phi) is 7.79. The molecule has 7 heteroatoms. The third-order valence-corrected chi connectivity index (χ3v) is 8.09. The Hall–Kier alpha value is -4.62. The maximum Gasteiger partial charge on any atom is 0.335 e. The van der Waals surface area contributed by atoms with E-state index in [-0.39, 0.29) is 22.8 Å². The lowest BCUT2D eigenvalue weighted by Gasteiger charge is -2.27. The minimum atomic E-state index is -4.14. The summed E-state index contributed by atoms with van der Waals surface area (Å²) in [6.45, 7) is 5.61. The maximum absolute atomic E-state index is 13.9. The van der Waals surface area contributed by atoms with Crippen LogP contribution in [0, 0.1) is 0 Å². The number of carboxylic acids is 1. The number of nitrogens with zero attached hydrogens (tertiary/aromatic N) is 1. The molecule has 0 aliphatic rings. The average molecular weight is 525 g/mol. The molecule has 0 unspecified atom stereocenters. The molecule has 0 bridgehead atoms. The fourth-order valence-electron chi connectivity index (χ4n) is 4.14. The molecule has 0 radical (unpaired) electrons. The van der Waals surface area contributed by atoms with Crippen molar-refractivity contribution < 1.29 is 18.3 Å². The van der Waals surface area contributed by atoms with Crippen molar-refractivity contribution in [3.8, 4) is 11.1 Å². The van der Waals surface area contributed by atoms with Crippen LogP contribution in [0.4, 0.5) is 0 Å². The summed E-state index contributed by atoms with van der Waals surface area (Å²) in [4.78, 5) is 11.2. The van der Waals surface area contributed by atoms with Crippen LogP contribution in [-0.4, -0.2) is 23.8 Å². The summed E-state index contributed by atoms with van der Waals surface area (Å²) in [7, 11) is -4.14. The van der Waals surface area contributed by atoms with Gasteiger partial charge in [-0.1, -0.05) is 91.5 Å². The van der Waals surface area contributed by atoms with Gasteiger partial charge in [-0.2, -0.15) is 0 Å². The molecule has 0 aromatic heterocycles. The van der Waals surface area contributed by atoms with E-state index in [2.05, 4.69) is 6.58 Å². The summed E-state index contributed by atoms with van der Waals surface area (Å²) in [5.41, 5.74) is 11.5. The first-order chi connectivity index (χ1) is 18.2. The zero-order valence-corrected chi connectivity index (χ0v) is 21.7. The number of carboxylic acid groups (broad SMARTS) is 1. The molecular weight excluding hydrogens is 496 g/mol. The first-order valence-electron chi connectivity index (χ1n) is 11.9. The van der Waals surface area contributed by atoms with Crippen LogP contribution in [-0.2, 0) is 16.6 Å². The first kappa shape index (κ1) is 26.4. The summed E-state index contributed by atoms with van der Waals surface area (Å²) in [6, 6.07) is 30.1. The largest absolute Gasteiger partial charge is 0.478 e. The van der Waals surface area contributed by atoms with Crippen LogP contribution in [0.3, 0.4) is 0 Å². The van der Waals surface area contributed by atoms with Crippen molar-refractivity contribution in [1.29, 1.82) is 0 Å². The molecule has 0 amide bonds. The maximum atomic E-state index is 13.9. The Bertz CT molecular complexity index is 1590. The monoisotopic (exact) mass is 524 g/mol. The second kappa shape index (κ2) is 11.2. The third-order valence-electron chi connectivity index (χ3n) is 6.31. The van der Waals surface area contributed by atoms with Crippen LogP contribution in [0.1, 0.15) is 34.0 Å². The normalized spacial score (nSPS) is 11.9. The molecule has 6 nitrogen and oxygen atoms in total. The van der Waals surface area contributed by atoms with Gasteiger partial charge in [0.05, 0.1) is 17.0 Å². The molecule has 0 atom stereocenters. The molecule has 4 aromatic carbocycles. The van der Waals surface area contributed by atoms with Crippen molar-refractivity contribution in [2.24, 2.45) is 5.73 Å². The van der Waals surface area contributed by atoms with E-state index in [0.29, 0.717) is 5.57 Å². The highest BCUT2D eigenvalue weighted by Gasteiger charge is 2.28. The fraction of sp³-hybridized carbons (Fsp3) is 0.0645. The zero-order valence-electron chi connectivity index (χ0n) is 20.9. The van der Waals surface area contributed by atoms with E-state index in [1.54, 1.807) is 13.0 Å². The molecule has 0 heterocycles. The van der Waals surface area contributed by atoms with E-state index in [0.717, 1.165) is 32.1 Å². The van der Waals surface area contributed by atoms with Gasteiger partial charge in [-0.05, 0) is 64.6 Å². The molecule has 4 rings (SSSR count). The van der Waals surface area contributed by atoms with Crippen molar-refractivity contribution in [3.05, 3.63) is 138 Å². The highest BCUT2D eigenvalue weighted by molar-refractivity contribution is 7.89. The number of aromatic carboxylic acids is 1. The summed E-state index contributed by atoms with van der Waals surface area (Å²) < 4.78 is 28.9. The van der Waals surface area contributed by atoms with Crippen LogP contribution >= 0.6 is 0 Å². The molecule has 3 N–H and O–H groups in total. The van der Waals surface area contributed by atoms with Gasteiger partial charge in [-0.25, -0.2) is 17.5 Å². The van der Waals surface area contributed by atoms with E-state index < -0.39 is 16.0 Å². The van der Waals surface area contributed by atoms with E-state index in [1.165, 1.54) is 24.3 Å². The number of benzene rings is 4. The minimum Gasteiger partial charge on any atom is -0.478 e. The third kappa shape index (κ3) is 5.53. The number of hydrogen-bond donors (Lipinski definition) is 2. The Morgan fingerprint density at radius 3 is 2.05 bits per heavy atom. The molecule has 0 fully saturated rings. The number of nitrogens with two attached hydrogens (primary N) is 1. The van der Waals surface area contributed by atoms with Gasteiger partial charge in [0, 0.05) is 0 Å². The van der Waals surface area contributed by atoms with Gasteiger partial charge in [0.2, 0.25) is 0 Å². The molecule has 0 aliphatic carbocycles. The fourth-order valence-corrected chi connectivity index (χ4v) is 5.59. The predicted octanol–water partition coefficient (Wildman–Crippen LogP) is 6.23. The topological polar surface area (TPSA) is 101 Å². The van der Waals surface area contributed by atoms with Crippen molar-refractivity contribution >= 4 is 27.6 Å². The smallest absolute Gasteiger partial charge is 0.335 e.